The van der Waals surface area contributed by atoms with E-state index in [1.807, 2.05) is 0 Å². The molecule has 0 aliphatic rings. The lowest BCUT2D eigenvalue weighted by Crippen LogP contribution is -2.11. The van der Waals surface area contributed by atoms with Gasteiger partial charge in [0.2, 0.25) is 0 Å². The predicted octanol–water partition coefficient (Wildman–Crippen LogP) is -1.80. The average molecular weight is 236 g/mol. The minimum atomic E-state index is -4.55. The van der Waals surface area contributed by atoms with Crippen molar-refractivity contribution in [3.8, 4) is 0 Å². The molecule has 0 fully saturated rings. The monoisotopic (exact) mass is 236 g/mol. The van der Waals surface area contributed by atoms with Crippen molar-refractivity contribution in [3.05, 3.63) is 0 Å². The highest BCUT2D eigenvalue weighted by molar-refractivity contribution is 7.69. The fourth-order valence-electron chi connectivity index (χ4n) is 0.240. The fourth-order valence-corrected chi connectivity index (χ4v) is 2.16. The molecule has 0 heterocycles. The Kier molecular flexibility index (Phi) is 8.01. The Balaban J connectivity index is 0. The van der Waals surface area contributed by atoms with E-state index in [-0.39, 0.29) is 0 Å². The van der Waals surface area contributed by atoms with Crippen molar-refractivity contribution in [1.82, 2.24) is 0 Å². The second-order valence-corrected chi connectivity index (χ2v) is 5.84. The lowest BCUT2D eigenvalue weighted by molar-refractivity contribution is 0.357. The van der Waals surface area contributed by atoms with Crippen LogP contribution in [-0.2, 0) is 9.13 Å². The van der Waals surface area contributed by atoms with Gasteiger partial charge in [0.25, 0.3) is 0 Å². The minimum absolute atomic E-state index is 0.597. The van der Waals surface area contributed by atoms with Gasteiger partial charge in [0.05, 0.1) is 0 Å². The molecular formula is C3H14N2O6P2. The van der Waals surface area contributed by atoms with Gasteiger partial charge in [-0.1, -0.05) is 0 Å². The fraction of sp³-hybridized carbons (Fsp3) is 1.00. The van der Waals surface area contributed by atoms with E-state index >= 15 is 0 Å². The van der Waals surface area contributed by atoms with Gasteiger partial charge in [-0.3, -0.25) is 9.13 Å². The molecule has 0 aliphatic carbocycles. The van der Waals surface area contributed by atoms with Gasteiger partial charge in [-0.25, -0.2) is 0 Å². The van der Waals surface area contributed by atoms with E-state index in [9.17, 15) is 9.13 Å². The summed E-state index contributed by atoms with van der Waals surface area (Å²) in [4.78, 5) is 31.9. The molecule has 0 rings (SSSR count). The molecule has 0 spiro atoms. The third-order valence-corrected chi connectivity index (χ3v) is 3.48. The number of hydrogen-bond acceptors (Lipinski definition) is 4. The van der Waals surface area contributed by atoms with Gasteiger partial charge in [-0.15, -0.1) is 0 Å². The van der Waals surface area contributed by atoms with E-state index < -0.39 is 21.1 Å². The van der Waals surface area contributed by atoms with Crippen LogP contribution < -0.4 is 11.5 Å². The van der Waals surface area contributed by atoms with Gasteiger partial charge in [0, 0.05) is 13.1 Å². The highest BCUT2D eigenvalue weighted by Crippen LogP contribution is 2.51. The van der Waals surface area contributed by atoms with Gasteiger partial charge >= 0.3 is 15.2 Å². The van der Waals surface area contributed by atoms with E-state index in [2.05, 4.69) is 0 Å². The van der Waals surface area contributed by atoms with Crippen LogP contribution >= 0.6 is 15.2 Å². The second-order valence-electron chi connectivity index (χ2n) is 2.05. The van der Waals surface area contributed by atoms with Gasteiger partial charge < -0.3 is 31.0 Å². The summed E-state index contributed by atoms with van der Waals surface area (Å²) in [5, 5.41) is 0. The molecule has 10 heteroatoms. The van der Waals surface area contributed by atoms with Crippen LogP contribution in [0, 0.1) is 0 Å². The topological polar surface area (TPSA) is 167 Å². The summed E-state index contributed by atoms with van der Waals surface area (Å²) in [6.07, 6.45) is 0. The first-order chi connectivity index (χ1) is 5.62. The Bertz CT molecular complexity index is 186. The van der Waals surface area contributed by atoms with E-state index in [1.54, 1.807) is 0 Å². The van der Waals surface area contributed by atoms with E-state index in [4.69, 9.17) is 31.0 Å². The molecule has 0 aromatic rings. The normalized spacial score (nSPS) is 11.8. The lowest BCUT2D eigenvalue weighted by atomic mass is 10.7. The summed E-state index contributed by atoms with van der Waals surface area (Å²) in [7, 11) is -9.10. The van der Waals surface area contributed by atoms with Crippen molar-refractivity contribution < 1.29 is 28.7 Å². The van der Waals surface area contributed by atoms with Crippen LogP contribution in [0.15, 0.2) is 0 Å². The number of hydrogen-bond donors (Lipinski definition) is 6. The van der Waals surface area contributed by atoms with E-state index in [0.29, 0.717) is 13.1 Å². The predicted molar refractivity (Wildman–Crippen MR) is 47.1 cm³/mol. The Labute approximate surface area is 75.3 Å². The molecule has 0 aromatic carbocycles. The van der Waals surface area contributed by atoms with Crippen LogP contribution in [0.1, 0.15) is 0 Å². The molecule has 0 unspecified atom stereocenters. The van der Waals surface area contributed by atoms with Gasteiger partial charge in [0.15, 0.2) is 5.90 Å². The summed E-state index contributed by atoms with van der Waals surface area (Å²) < 4.78 is 19.7. The van der Waals surface area contributed by atoms with Crippen molar-refractivity contribution in [2.45, 2.75) is 0 Å². The molecule has 0 saturated carbocycles. The Morgan fingerprint density at radius 3 is 1.08 bits per heavy atom. The highest BCUT2D eigenvalue weighted by Gasteiger charge is 2.26. The highest BCUT2D eigenvalue weighted by atomic mass is 31.2. The van der Waals surface area contributed by atoms with Crippen LogP contribution in [0.3, 0.4) is 0 Å². The third-order valence-electron chi connectivity index (χ3n) is 0.535. The van der Waals surface area contributed by atoms with Gasteiger partial charge in [-0.05, 0) is 0 Å². The molecule has 0 atom stereocenters. The van der Waals surface area contributed by atoms with Crippen molar-refractivity contribution in [2.75, 3.05) is 19.0 Å². The molecule has 0 bridgehead atoms. The molecule has 0 radical (unpaired) electrons. The lowest BCUT2D eigenvalue weighted by Gasteiger charge is -2.03. The Hall–Kier alpha value is 0.220. The van der Waals surface area contributed by atoms with E-state index in [1.165, 1.54) is 0 Å². The maximum atomic E-state index is 9.85. The van der Waals surface area contributed by atoms with Crippen LogP contribution in [0.25, 0.3) is 0 Å². The maximum Gasteiger partial charge on any atom is 0.337 e. The Morgan fingerprint density at radius 2 is 1.08 bits per heavy atom. The van der Waals surface area contributed by atoms with Gasteiger partial charge in [0.1, 0.15) is 0 Å². The SMILES string of the molecule is NCCN.O=P(O)(O)CP(=O)(O)O. The molecule has 0 aliphatic heterocycles. The van der Waals surface area contributed by atoms with Crippen molar-refractivity contribution in [2.24, 2.45) is 11.5 Å². The zero-order valence-corrected chi connectivity index (χ0v) is 8.56. The van der Waals surface area contributed by atoms with Crippen molar-refractivity contribution in [1.29, 1.82) is 0 Å². The summed E-state index contributed by atoms with van der Waals surface area (Å²) in [5.74, 6) is -1.38. The van der Waals surface area contributed by atoms with Crippen LogP contribution in [0.4, 0.5) is 0 Å². The largest absolute Gasteiger partial charge is 0.337 e. The Morgan fingerprint density at radius 1 is 0.846 bits per heavy atom. The molecule has 13 heavy (non-hydrogen) atoms. The summed E-state index contributed by atoms with van der Waals surface area (Å²) in [6.45, 7) is 1.19. The van der Waals surface area contributed by atoms with Crippen LogP contribution in [-0.4, -0.2) is 38.6 Å². The number of rotatable bonds is 3. The first kappa shape index (κ1) is 15.7. The molecule has 8 nitrogen and oxygen atoms in total. The van der Waals surface area contributed by atoms with Crippen molar-refractivity contribution in [3.63, 3.8) is 0 Å². The molecule has 0 saturated heterocycles. The third kappa shape index (κ3) is 24.5. The summed E-state index contributed by atoms with van der Waals surface area (Å²) in [6, 6.07) is 0. The van der Waals surface area contributed by atoms with Crippen LogP contribution in [0.2, 0.25) is 0 Å². The minimum Gasteiger partial charge on any atom is -0.329 e. The molecular weight excluding hydrogens is 222 g/mol. The summed E-state index contributed by atoms with van der Waals surface area (Å²) >= 11 is 0. The smallest absolute Gasteiger partial charge is 0.329 e. The first-order valence-corrected chi connectivity index (χ1v) is 6.71. The summed E-state index contributed by atoms with van der Waals surface area (Å²) in [5.41, 5.74) is 9.81. The van der Waals surface area contributed by atoms with Gasteiger partial charge in [-0.2, -0.15) is 0 Å². The van der Waals surface area contributed by atoms with Crippen LogP contribution in [0.5, 0.6) is 0 Å². The van der Waals surface area contributed by atoms with E-state index in [0.717, 1.165) is 0 Å². The standard InChI is InChI=1S/C2H8N2.CH6O6P2/c3-1-2-4;2-8(3,4)1-9(5,6)7/h1-4H2;1H2,(H2,2,3,4)(H2,5,6,7). The first-order valence-electron chi connectivity index (χ1n) is 3.11. The molecule has 0 aromatic heterocycles. The second kappa shape index (κ2) is 6.64. The van der Waals surface area contributed by atoms with Crippen molar-refractivity contribution >= 4 is 15.2 Å². The zero-order chi connectivity index (χ0) is 11.1. The molecule has 0 amide bonds. The number of nitrogens with two attached hydrogens (primary N) is 2. The average Bonchev–Trinajstić information content (AvgIpc) is 1.80. The molecule has 8 N–H and O–H groups in total. The zero-order valence-electron chi connectivity index (χ0n) is 6.78. The quantitative estimate of drug-likeness (QED) is 0.312. The molecule has 82 valence electrons. The maximum absolute atomic E-state index is 9.85.